The predicted octanol–water partition coefficient (Wildman–Crippen LogP) is 2.99. The molecule has 106 valence electrons. The van der Waals surface area contributed by atoms with Crippen LogP contribution in [0.5, 0.6) is 0 Å². The van der Waals surface area contributed by atoms with Crippen molar-refractivity contribution in [3.8, 4) is 11.3 Å². The van der Waals surface area contributed by atoms with Gasteiger partial charge in [0.05, 0.1) is 5.69 Å². The Morgan fingerprint density at radius 3 is 2.55 bits per heavy atom. The summed E-state index contributed by atoms with van der Waals surface area (Å²) in [7, 11) is 1.65. The maximum Gasteiger partial charge on any atom is 0.242 e. The molecule has 1 heterocycles. The van der Waals surface area contributed by atoms with Gasteiger partial charge < -0.3 is 10.6 Å². The first-order valence-electron chi connectivity index (χ1n) is 6.61. The molecule has 0 radical (unpaired) electrons. The molecular formula is C15H19N3OS. The molecule has 0 bridgehead atoms. The molecule has 5 heteroatoms. The Morgan fingerprint density at radius 2 is 1.95 bits per heavy atom. The van der Waals surface area contributed by atoms with Crippen LogP contribution >= 0.6 is 11.3 Å². The Labute approximate surface area is 123 Å². The summed E-state index contributed by atoms with van der Waals surface area (Å²) in [6, 6.07) is 9.74. The third kappa shape index (κ3) is 3.36. The number of nitrogens with one attached hydrogen (secondary N) is 2. The first kappa shape index (κ1) is 14.5. The average molecular weight is 289 g/mol. The van der Waals surface area contributed by atoms with Crippen LogP contribution in [0.1, 0.15) is 13.8 Å². The molecule has 1 unspecified atom stereocenters. The molecule has 1 aromatic heterocycles. The number of anilines is 1. The van der Waals surface area contributed by atoms with Crippen molar-refractivity contribution in [2.24, 2.45) is 5.92 Å². The number of hydrogen-bond donors (Lipinski definition) is 2. The third-order valence-corrected chi connectivity index (χ3v) is 3.82. The Bertz CT molecular complexity index is 566. The first-order chi connectivity index (χ1) is 9.61. The molecule has 20 heavy (non-hydrogen) atoms. The molecule has 2 aromatic rings. The van der Waals surface area contributed by atoms with E-state index in [1.807, 2.05) is 49.6 Å². The molecule has 0 saturated carbocycles. The van der Waals surface area contributed by atoms with Gasteiger partial charge in [0.15, 0.2) is 5.13 Å². The molecular weight excluding hydrogens is 270 g/mol. The second-order valence-electron chi connectivity index (χ2n) is 4.88. The van der Waals surface area contributed by atoms with Crippen molar-refractivity contribution >= 4 is 22.4 Å². The van der Waals surface area contributed by atoms with E-state index in [9.17, 15) is 4.79 Å². The van der Waals surface area contributed by atoms with Crippen LogP contribution in [0.25, 0.3) is 11.3 Å². The highest BCUT2D eigenvalue weighted by Crippen LogP contribution is 2.25. The van der Waals surface area contributed by atoms with E-state index in [-0.39, 0.29) is 17.9 Å². The summed E-state index contributed by atoms with van der Waals surface area (Å²) in [5.74, 6) is 0.176. The van der Waals surface area contributed by atoms with Gasteiger partial charge in [-0.2, -0.15) is 0 Å². The molecule has 2 N–H and O–H groups in total. The highest BCUT2D eigenvalue weighted by molar-refractivity contribution is 7.14. The van der Waals surface area contributed by atoms with Gasteiger partial charge in [0.2, 0.25) is 5.91 Å². The van der Waals surface area contributed by atoms with E-state index >= 15 is 0 Å². The molecule has 0 aliphatic heterocycles. The minimum atomic E-state index is -0.269. The van der Waals surface area contributed by atoms with Crippen molar-refractivity contribution in [2.75, 3.05) is 12.4 Å². The molecule has 1 atom stereocenters. The molecule has 0 spiro atoms. The van der Waals surface area contributed by atoms with Gasteiger partial charge in [-0.3, -0.25) is 4.79 Å². The summed E-state index contributed by atoms with van der Waals surface area (Å²) in [6.07, 6.45) is 0. The van der Waals surface area contributed by atoms with E-state index in [1.54, 1.807) is 7.05 Å². The summed E-state index contributed by atoms with van der Waals surface area (Å²) in [6.45, 7) is 4.03. The second-order valence-corrected chi connectivity index (χ2v) is 5.74. The van der Waals surface area contributed by atoms with Crippen LogP contribution in [-0.2, 0) is 4.79 Å². The van der Waals surface area contributed by atoms with Crippen molar-refractivity contribution in [1.29, 1.82) is 0 Å². The summed E-state index contributed by atoms with van der Waals surface area (Å²) in [4.78, 5) is 16.4. The fourth-order valence-electron chi connectivity index (χ4n) is 1.91. The lowest BCUT2D eigenvalue weighted by Gasteiger charge is -2.19. The number of hydrogen-bond acceptors (Lipinski definition) is 4. The number of rotatable bonds is 5. The fourth-order valence-corrected chi connectivity index (χ4v) is 2.66. The van der Waals surface area contributed by atoms with Gasteiger partial charge in [0.1, 0.15) is 6.04 Å². The van der Waals surface area contributed by atoms with Crippen LogP contribution in [0.2, 0.25) is 0 Å². The maximum atomic E-state index is 11.8. The number of likely N-dealkylation sites (N-methyl/N-ethyl adjacent to an activating group) is 1. The van der Waals surface area contributed by atoms with E-state index in [2.05, 4.69) is 15.6 Å². The molecule has 0 fully saturated rings. The zero-order chi connectivity index (χ0) is 14.5. The third-order valence-electron chi connectivity index (χ3n) is 3.05. The van der Waals surface area contributed by atoms with Crippen LogP contribution in [0.15, 0.2) is 35.7 Å². The van der Waals surface area contributed by atoms with E-state index < -0.39 is 0 Å². The number of amides is 1. The first-order valence-corrected chi connectivity index (χ1v) is 7.49. The quantitative estimate of drug-likeness (QED) is 0.889. The number of benzene rings is 1. The van der Waals surface area contributed by atoms with Gasteiger partial charge in [0.25, 0.3) is 0 Å². The molecule has 0 saturated heterocycles. The summed E-state index contributed by atoms with van der Waals surface area (Å²) in [5, 5.41) is 8.66. The second kappa shape index (κ2) is 6.52. The molecule has 1 amide bonds. The minimum Gasteiger partial charge on any atom is -0.357 e. The SMILES string of the molecule is CNC(=O)C(Nc1nc(-c2ccccc2)cs1)C(C)C. The van der Waals surface area contributed by atoms with Crippen LogP contribution in [0.4, 0.5) is 5.13 Å². The molecule has 1 aromatic carbocycles. The lowest BCUT2D eigenvalue weighted by Crippen LogP contribution is -2.41. The molecule has 4 nitrogen and oxygen atoms in total. The van der Waals surface area contributed by atoms with Gasteiger partial charge in [-0.25, -0.2) is 4.98 Å². The monoisotopic (exact) mass is 289 g/mol. The van der Waals surface area contributed by atoms with Gasteiger partial charge in [0, 0.05) is 18.0 Å². The van der Waals surface area contributed by atoms with Gasteiger partial charge in [-0.05, 0) is 5.92 Å². The fraction of sp³-hybridized carbons (Fsp3) is 0.333. The smallest absolute Gasteiger partial charge is 0.242 e. The summed E-state index contributed by atoms with van der Waals surface area (Å²) in [5.41, 5.74) is 2.01. The zero-order valence-corrected chi connectivity index (χ0v) is 12.7. The Hall–Kier alpha value is -1.88. The predicted molar refractivity (Wildman–Crippen MR) is 83.9 cm³/mol. The van der Waals surface area contributed by atoms with Crippen molar-refractivity contribution in [1.82, 2.24) is 10.3 Å². The normalized spacial score (nSPS) is 12.2. The highest BCUT2D eigenvalue weighted by atomic mass is 32.1. The van der Waals surface area contributed by atoms with Crippen LogP contribution in [0.3, 0.4) is 0 Å². The van der Waals surface area contributed by atoms with Crippen molar-refractivity contribution in [3.05, 3.63) is 35.7 Å². The Balaban J connectivity index is 2.15. The lowest BCUT2D eigenvalue weighted by molar-refractivity contribution is -0.122. The van der Waals surface area contributed by atoms with Gasteiger partial charge in [-0.15, -0.1) is 11.3 Å². The Kier molecular flexibility index (Phi) is 4.74. The summed E-state index contributed by atoms with van der Waals surface area (Å²) >= 11 is 1.52. The van der Waals surface area contributed by atoms with E-state index in [0.29, 0.717) is 0 Å². The topological polar surface area (TPSA) is 54.0 Å². The highest BCUT2D eigenvalue weighted by Gasteiger charge is 2.21. The molecule has 2 rings (SSSR count). The maximum absolute atomic E-state index is 11.8. The Morgan fingerprint density at radius 1 is 1.25 bits per heavy atom. The van der Waals surface area contributed by atoms with E-state index in [1.165, 1.54) is 11.3 Å². The number of thiazole rings is 1. The lowest BCUT2D eigenvalue weighted by atomic mass is 10.0. The largest absolute Gasteiger partial charge is 0.357 e. The van der Waals surface area contributed by atoms with Crippen LogP contribution in [-0.4, -0.2) is 24.0 Å². The molecule has 0 aliphatic carbocycles. The van der Waals surface area contributed by atoms with Crippen molar-refractivity contribution in [3.63, 3.8) is 0 Å². The van der Waals surface area contributed by atoms with Gasteiger partial charge in [-0.1, -0.05) is 44.2 Å². The van der Waals surface area contributed by atoms with Crippen LogP contribution < -0.4 is 10.6 Å². The van der Waals surface area contributed by atoms with E-state index in [0.717, 1.165) is 16.4 Å². The standard InChI is InChI=1S/C15H19N3OS/c1-10(2)13(14(19)16-3)18-15-17-12(9-20-15)11-7-5-4-6-8-11/h4-10,13H,1-3H3,(H,16,19)(H,17,18). The molecule has 0 aliphatic rings. The zero-order valence-electron chi connectivity index (χ0n) is 11.9. The van der Waals surface area contributed by atoms with Crippen molar-refractivity contribution in [2.45, 2.75) is 19.9 Å². The number of aromatic nitrogens is 1. The summed E-state index contributed by atoms with van der Waals surface area (Å²) < 4.78 is 0. The minimum absolute atomic E-state index is 0.0172. The number of carbonyl (C=O) groups excluding carboxylic acids is 1. The number of carbonyl (C=O) groups is 1. The van der Waals surface area contributed by atoms with Crippen LogP contribution in [0, 0.1) is 5.92 Å². The number of nitrogens with zero attached hydrogens (tertiary/aromatic N) is 1. The average Bonchev–Trinajstić information content (AvgIpc) is 2.93. The van der Waals surface area contributed by atoms with Gasteiger partial charge >= 0.3 is 0 Å². The van der Waals surface area contributed by atoms with E-state index in [4.69, 9.17) is 0 Å². The van der Waals surface area contributed by atoms with Crippen molar-refractivity contribution < 1.29 is 4.79 Å².